The van der Waals surface area contributed by atoms with Gasteiger partial charge in [-0.05, 0) is 25.2 Å². The first-order chi connectivity index (χ1) is 9.51. The molecule has 0 spiro atoms. The molecule has 0 amide bonds. The summed E-state index contributed by atoms with van der Waals surface area (Å²) < 4.78 is 0. The number of hydrogen-bond acceptors (Lipinski definition) is 2. The Hall–Kier alpha value is -1.03. The molecular weight excluding hydrogens is 281 g/mol. The van der Waals surface area contributed by atoms with E-state index in [1.807, 2.05) is 38.2 Å². The molecule has 0 heterocycles. The molecule has 0 saturated carbocycles. The van der Waals surface area contributed by atoms with Crippen LogP contribution in [-0.4, -0.2) is 11.2 Å². The third-order valence-corrected chi connectivity index (χ3v) is 3.60. The third-order valence-electron chi connectivity index (χ3n) is 2.59. The minimum Gasteiger partial charge on any atom is -0.246 e. The van der Waals surface area contributed by atoms with E-state index >= 15 is 0 Å². The van der Waals surface area contributed by atoms with E-state index in [1.165, 1.54) is 0 Å². The molecule has 0 aromatic carbocycles. The largest absolute Gasteiger partial charge is 0.246 e. The van der Waals surface area contributed by atoms with Gasteiger partial charge in [-0.3, -0.25) is 0 Å². The molecule has 0 bridgehead atoms. The fourth-order valence-electron chi connectivity index (χ4n) is 1.60. The first-order valence-corrected chi connectivity index (χ1v) is 8.17. The molecule has 1 nitrogen and oxygen atoms in total. The van der Waals surface area contributed by atoms with Gasteiger partial charge < -0.3 is 0 Å². The van der Waals surface area contributed by atoms with E-state index in [9.17, 15) is 0 Å². The molecule has 2 unspecified atom stereocenters. The highest BCUT2D eigenvalue weighted by Gasteiger charge is 2.15. The molecule has 0 aliphatic carbocycles. The second kappa shape index (κ2) is 10.7. The molecule has 3 heteroatoms. The number of terminal acetylenes is 1. The lowest BCUT2D eigenvalue weighted by Crippen LogP contribution is -2.03. The molecule has 0 radical (unpaired) electrons. The molecule has 0 saturated heterocycles. The summed E-state index contributed by atoms with van der Waals surface area (Å²) in [5.74, 6) is 3.86. The van der Waals surface area contributed by atoms with Gasteiger partial charge in [-0.2, -0.15) is 0 Å². The summed E-state index contributed by atoms with van der Waals surface area (Å²) in [4.78, 5) is 4.56. The minimum absolute atomic E-state index is 0.107. The van der Waals surface area contributed by atoms with Crippen LogP contribution in [0.3, 0.4) is 0 Å². The van der Waals surface area contributed by atoms with Crippen molar-refractivity contribution >= 4 is 26.5 Å². The van der Waals surface area contributed by atoms with E-state index in [1.54, 1.807) is 11.8 Å². The number of allylic oxidation sites excluding steroid dienone is 6. The highest BCUT2D eigenvalue weighted by Crippen LogP contribution is 2.30. The first kappa shape index (κ1) is 19.0. The molecule has 20 heavy (non-hydrogen) atoms. The van der Waals surface area contributed by atoms with Crippen LogP contribution in [0.15, 0.2) is 52.1 Å². The Balaban J connectivity index is 5.77. The zero-order valence-electron chi connectivity index (χ0n) is 12.8. The summed E-state index contributed by atoms with van der Waals surface area (Å²) in [5, 5.41) is 0.920. The summed E-state index contributed by atoms with van der Waals surface area (Å²) >= 11 is 1.67. The SMILES string of the molecule is C#C/C(=C(\N=C(C)P)SCC)C(C)/C(C=C)=C/C=C\C. The summed E-state index contributed by atoms with van der Waals surface area (Å²) in [5.41, 5.74) is 2.94. The molecule has 0 aromatic heterocycles. The Morgan fingerprint density at radius 2 is 2.20 bits per heavy atom. The van der Waals surface area contributed by atoms with Gasteiger partial charge in [0.2, 0.25) is 0 Å². The van der Waals surface area contributed by atoms with Gasteiger partial charge in [0.05, 0.1) is 0 Å². The van der Waals surface area contributed by atoms with Crippen LogP contribution in [0.1, 0.15) is 27.7 Å². The van der Waals surface area contributed by atoms with E-state index in [2.05, 4.69) is 40.6 Å². The zero-order valence-corrected chi connectivity index (χ0v) is 14.8. The molecule has 0 fully saturated rings. The molecule has 2 atom stereocenters. The Labute approximate surface area is 130 Å². The van der Waals surface area contributed by atoms with Crippen LogP contribution in [0, 0.1) is 18.3 Å². The van der Waals surface area contributed by atoms with Crippen molar-refractivity contribution in [3.05, 3.63) is 47.1 Å². The highest BCUT2D eigenvalue weighted by molar-refractivity contribution is 8.03. The smallest absolute Gasteiger partial charge is 0.108 e. The van der Waals surface area contributed by atoms with E-state index in [0.29, 0.717) is 0 Å². The summed E-state index contributed by atoms with van der Waals surface area (Å²) in [7, 11) is 2.60. The predicted molar refractivity (Wildman–Crippen MR) is 99.1 cm³/mol. The van der Waals surface area contributed by atoms with Gasteiger partial charge in [0.15, 0.2) is 0 Å². The zero-order chi connectivity index (χ0) is 15.5. The van der Waals surface area contributed by atoms with Gasteiger partial charge in [0.25, 0.3) is 0 Å². The topological polar surface area (TPSA) is 12.4 Å². The fourth-order valence-corrected chi connectivity index (χ4v) is 2.70. The van der Waals surface area contributed by atoms with Crippen LogP contribution in [0.4, 0.5) is 0 Å². The Morgan fingerprint density at radius 1 is 1.55 bits per heavy atom. The number of nitrogens with zero attached hydrogens (tertiary/aromatic N) is 1. The molecule has 0 aliphatic rings. The lowest BCUT2D eigenvalue weighted by Gasteiger charge is -2.15. The van der Waals surface area contributed by atoms with Crippen LogP contribution < -0.4 is 0 Å². The van der Waals surface area contributed by atoms with Crippen molar-refractivity contribution in [2.45, 2.75) is 27.7 Å². The maximum absolute atomic E-state index is 5.72. The lowest BCUT2D eigenvalue weighted by molar-refractivity contribution is 0.850. The van der Waals surface area contributed by atoms with Gasteiger partial charge in [-0.15, -0.1) is 18.2 Å². The maximum atomic E-state index is 5.72. The second-order valence-corrected chi connectivity index (χ2v) is 6.26. The standard InChI is InChI=1S/C17H24NPS/c1-7-11-12-15(8-2)13(5)16(9-3)17(20-10-4)18-14(6)19/h3,7-8,11-13H,2,10,19H2,1,4-6H3/b11-7-,15-12+,17-16-,18-14?. The normalized spacial score (nSPS) is 15.8. The minimum atomic E-state index is 0.107. The van der Waals surface area contributed by atoms with Gasteiger partial charge in [0.1, 0.15) is 5.03 Å². The fraction of sp³-hybridized carbons (Fsp3) is 0.353. The third kappa shape index (κ3) is 6.42. The number of hydrogen-bond donors (Lipinski definition) is 0. The predicted octanol–water partition coefficient (Wildman–Crippen LogP) is 5.20. The average Bonchev–Trinajstić information content (AvgIpc) is 2.40. The van der Waals surface area contributed by atoms with E-state index in [4.69, 9.17) is 6.42 Å². The van der Waals surface area contributed by atoms with Gasteiger partial charge >= 0.3 is 0 Å². The summed E-state index contributed by atoms with van der Waals surface area (Å²) in [6, 6.07) is 0. The van der Waals surface area contributed by atoms with Crippen LogP contribution in [-0.2, 0) is 0 Å². The molecule has 0 aliphatic heterocycles. The maximum Gasteiger partial charge on any atom is 0.108 e. The van der Waals surface area contributed by atoms with Crippen LogP contribution >= 0.6 is 21.0 Å². The van der Waals surface area contributed by atoms with Crippen LogP contribution in [0.2, 0.25) is 0 Å². The van der Waals surface area contributed by atoms with Gasteiger partial charge in [0, 0.05) is 16.9 Å². The van der Waals surface area contributed by atoms with Crippen molar-refractivity contribution in [3.63, 3.8) is 0 Å². The lowest BCUT2D eigenvalue weighted by atomic mass is 9.93. The van der Waals surface area contributed by atoms with Crippen LogP contribution in [0.25, 0.3) is 0 Å². The average molecular weight is 305 g/mol. The van der Waals surface area contributed by atoms with Crippen molar-refractivity contribution < 1.29 is 0 Å². The van der Waals surface area contributed by atoms with Gasteiger partial charge in [-0.1, -0.05) is 59.9 Å². The molecule has 0 aromatic rings. The van der Waals surface area contributed by atoms with E-state index in [-0.39, 0.29) is 5.92 Å². The monoisotopic (exact) mass is 305 g/mol. The number of rotatable bonds is 7. The van der Waals surface area contributed by atoms with Crippen molar-refractivity contribution in [3.8, 4) is 12.3 Å². The van der Waals surface area contributed by atoms with Crippen molar-refractivity contribution in [2.75, 3.05) is 5.75 Å². The molecule has 108 valence electrons. The Morgan fingerprint density at radius 3 is 2.60 bits per heavy atom. The Bertz CT molecular complexity index is 486. The number of thioether (sulfide) groups is 1. The second-order valence-electron chi connectivity index (χ2n) is 4.17. The van der Waals surface area contributed by atoms with Gasteiger partial charge in [-0.25, -0.2) is 4.99 Å². The van der Waals surface area contributed by atoms with Crippen molar-refractivity contribution in [2.24, 2.45) is 10.9 Å². The van der Waals surface area contributed by atoms with E-state index < -0.39 is 0 Å². The van der Waals surface area contributed by atoms with E-state index in [0.717, 1.165) is 27.4 Å². The highest BCUT2D eigenvalue weighted by atomic mass is 32.2. The van der Waals surface area contributed by atoms with Crippen LogP contribution in [0.5, 0.6) is 0 Å². The quantitative estimate of drug-likeness (QED) is 0.272. The Kier molecular flexibility index (Phi) is 10.2. The first-order valence-electron chi connectivity index (χ1n) is 6.61. The number of aliphatic imine (C=N–C) groups is 1. The molecule has 0 rings (SSSR count). The molecular formula is C17H24NPS. The summed E-state index contributed by atoms with van der Waals surface area (Å²) in [6.45, 7) is 12.0. The van der Waals surface area contributed by atoms with Crippen molar-refractivity contribution in [1.82, 2.24) is 0 Å². The summed E-state index contributed by atoms with van der Waals surface area (Å²) in [6.07, 6.45) is 13.6. The van der Waals surface area contributed by atoms with Crippen molar-refractivity contribution in [1.29, 1.82) is 0 Å². The molecule has 0 N–H and O–H groups in total.